The lowest BCUT2D eigenvalue weighted by molar-refractivity contribution is -0.138. The highest BCUT2D eigenvalue weighted by atomic mass is 32.2. The fraction of sp³-hybridized carbons (Fsp3) is 0.393. The maximum Gasteiger partial charge on any atom is 0.419 e. The summed E-state index contributed by atoms with van der Waals surface area (Å²) < 4.78 is 77.8. The average molecular weight is 608 g/mol. The maximum absolute atomic E-state index is 13.9. The molecule has 3 aromatic rings. The van der Waals surface area contributed by atoms with Crippen molar-refractivity contribution in [2.24, 2.45) is 0 Å². The molecule has 0 radical (unpaired) electrons. The Bertz CT molecular complexity index is 1560. The minimum absolute atomic E-state index is 0.0805. The third kappa shape index (κ3) is 7.48. The molecule has 226 valence electrons. The summed E-state index contributed by atoms with van der Waals surface area (Å²) in [4.78, 5) is 20.7. The third-order valence-corrected chi connectivity index (χ3v) is 8.05. The van der Waals surface area contributed by atoms with Gasteiger partial charge in [-0.15, -0.1) is 0 Å². The number of benzene rings is 2. The molecule has 14 heteroatoms. The van der Waals surface area contributed by atoms with Gasteiger partial charge in [0, 0.05) is 25.4 Å². The first-order valence-electron chi connectivity index (χ1n) is 13.1. The van der Waals surface area contributed by atoms with Crippen LogP contribution in [0.15, 0.2) is 42.6 Å². The summed E-state index contributed by atoms with van der Waals surface area (Å²) in [5, 5.41) is 5.77. The van der Waals surface area contributed by atoms with Gasteiger partial charge in [-0.2, -0.15) is 13.2 Å². The number of halogens is 3. The average Bonchev–Trinajstić information content (AvgIpc) is 3.44. The number of carbonyl (C=O) groups excluding carboxylic acids is 1. The predicted molar refractivity (Wildman–Crippen MR) is 152 cm³/mol. The van der Waals surface area contributed by atoms with E-state index in [0.717, 1.165) is 22.5 Å². The highest BCUT2D eigenvalue weighted by Crippen LogP contribution is 2.34. The highest BCUT2D eigenvalue weighted by Gasteiger charge is 2.35. The van der Waals surface area contributed by atoms with Crippen LogP contribution in [0, 0.1) is 6.92 Å². The highest BCUT2D eigenvalue weighted by molar-refractivity contribution is 7.92. The fourth-order valence-electron chi connectivity index (χ4n) is 4.49. The Kier molecular flexibility index (Phi) is 9.26. The van der Waals surface area contributed by atoms with Gasteiger partial charge in [-0.3, -0.25) is 9.10 Å². The van der Waals surface area contributed by atoms with Gasteiger partial charge in [0.1, 0.15) is 5.75 Å². The number of sulfonamides is 1. The second kappa shape index (κ2) is 12.5. The molecule has 1 aliphatic heterocycles. The van der Waals surface area contributed by atoms with Crippen molar-refractivity contribution in [1.82, 2.24) is 15.3 Å². The monoisotopic (exact) mass is 607 g/mol. The molecule has 0 bridgehead atoms. The Balaban J connectivity index is 1.59. The Hall–Kier alpha value is -3.91. The molecule has 2 N–H and O–H groups in total. The smallest absolute Gasteiger partial charge is 0.419 e. The summed E-state index contributed by atoms with van der Waals surface area (Å²) in [5.74, 6) is -0.141. The molecule has 42 heavy (non-hydrogen) atoms. The van der Waals surface area contributed by atoms with Crippen molar-refractivity contribution in [2.45, 2.75) is 38.4 Å². The first-order valence-corrected chi connectivity index (χ1v) is 14.9. The molecule has 2 aromatic carbocycles. The van der Waals surface area contributed by atoms with Crippen LogP contribution in [-0.2, 0) is 33.8 Å². The second-order valence-corrected chi connectivity index (χ2v) is 12.0. The fourth-order valence-corrected chi connectivity index (χ4v) is 5.02. The van der Waals surface area contributed by atoms with Crippen molar-refractivity contribution in [2.75, 3.05) is 43.2 Å². The van der Waals surface area contributed by atoms with Crippen LogP contribution in [0.2, 0.25) is 0 Å². The largest absolute Gasteiger partial charge is 0.495 e. The van der Waals surface area contributed by atoms with Crippen molar-refractivity contribution in [1.29, 1.82) is 0 Å². The van der Waals surface area contributed by atoms with Gasteiger partial charge in [-0.1, -0.05) is 12.1 Å². The van der Waals surface area contributed by atoms with E-state index in [-0.39, 0.29) is 42.2 Å². The molecule has 1 aromatic heterocycles. The van der Waals surface area contributed by atoms with E-state index >= 15 is 0 Å². The maximum atomic E-state index is 13.9. The van der Waals surface area contributed by atoms with E-state index < -0.39 is 21.8 Å². The van der Waals surface area contributed by atoms with Gasteiger partial charge in [-0.25, -0.2) is 18.4 Å². The molecule has 4 rings (SSSR count). The van der Waals surface area contributed by atoms with Gasteiger partial charge in [0.2, 0.25) is 16.0 Å². The number of alkyl halides is 3. The zero-order valence-electron chi connectivity index (χ0n) is 23.6. The van der Waals surface area contributed by atoms with Crippen LogP contribution in [0.5, 0.6) is 5.75 Å². The SMILES string of the molecule is COc1cc(C(=O)NC2CCOC2)ccc1Nc1ncc(C(F)(F)F)c(CCc2ccc(C)cc2N(C)S(C)(=O)=O)n1. The summed E-state index contributed by atoms with van der Waals surface area (Å²) in [6.07, 6.45) is -2.27. The third-order valence-electron chi connectivity index (χ3n) is 6.86. The standard InChI is InChI=1S/C28H32F3N5O5S/c1-17-5-6-18(24(13-17)36(2)42(4,38)39)7-9-22-21(28(29,30)31)15-32-27(34-22)35-23-10-8-19(14-25(23)40-3)26(37)33-20-11-12-41-16-20/h5-6,8,10,13-15,20H,7,9,11-12,16H2,1-4H3,(H,33,37)(H,32,34,35). The molecule has 1 aliphatic rings. The lowest BCUT2D eigenvalue weighted by atomic mass is 10.0. The van der Waals surface area contributed by atoms with E-state index in [4.69, 9.17) is 9.47 Å². The Morgan fingerprint density at radius 2 is 1.95 bits per heavy atom. The van der Waals surface area contributed by atoms with Gasteiger partial charge in [0.25, 0.3) is 5.91 Å². The van der Waals surface area contributed by atoms with Crippen LogP contribution in [-0.4, -0.2) is 64.0 Å². The van der Waals surface area contributed by atoms with Crippen LogP contribution >= 0.6 is 0 Å². The van der Waals surface area contributed by atoms with Crippen molar-refractivity contribution in [3.63, 3.8) is 0 Å². The number of rotatable bonds is 10. The minimum Gasteiger partial charge on any atom is -0.495 e. The molecule has 1 amide bonds. The molecule has 1 saturated heterocycles. The predicted octanol–water partition coefficient (Wildman–Crippen LogP) is 4.26. The summed E-state index contributed by atoms with van der Waals surface area (Å²) in [6.45, 7) is 2.82. The number of aromatic nitrogens is 2. The van der Waals surface area contributed by atoms with Crippen molar-refractivity contribution in [3.8, 4) is 5.75 Å². The molecule has 0 saturated carbocycles. The number of ether oxygens (including phenoxy) is 2. The van der Waals surface area contributed by atoms with Crippen LogP contribution in [0.25, 0.3) is 0 Å². The minimum atomic E-state index is -4.70. The van der Waals surface area contributed by atoms with Gasteiger partial charge < -0.3 is 20.1 Å². The first kappa shape index (κ1) is 31.0. The summed E-state index contributed by atoms with van der Waals surface area (Å²) in [5.41, 5.74) is 1.17. The van der Waals surface area contributed by atoms with Crippen molar-refractivity contribution >= 4 is 33.3 Å². The Labute approximate surface area is 242 Å². The van der Waals surface area contributed by atoms with Crippen LogP contribution in [0.4, 0.5) is 30.5 Å². The molecule has 0 spiro atoms. The number of carbonyl (C=O) groups is 1. The van der Waals surface area contributed by atoms with Gasteiger partial charge in [-0.05, 0) is 61.6 Å². The van der Waals surface area contributed by atoms with E-state index in [2.05, 4.69) is 20.6 Å². The van der Waals surface area contributed by atoms with E-state index in [0.29, 0.717) is 41.9 Å². The lowest BCUT2D eigenvalue weighted by Crippen LogP contribution is -2.34. The molecule has 2 heterocycles. The quantitative estimate of drug-likeness (QED) is 0.351. The number of nitrogens with zero attached hydrogens (tertiary/aromatic N) is 3. The van der Waals surface area contributed by atoms with Gasteiger partial charge in [0.15, 0.2) is 0 Å². The Morgan fingerprint density at radius 3 is 2.60 bits per heavy atom. The van der Waals surface area contributed by atoms with Crippen LogP contribution in [0.1, 0.15) is 39.2 Å². The molecule has 1 atom stereocenters. The number of anilines is 3. The van der Waals surface area contributed by atoms with Crippen molar-refractivity contribution < 1.29 is 35.9 Å². The van der Waals surface area contributed by atoms with Crippen LogP contribution < -0.4 is 19.7 Å². The zero-order chi connectivity index (χ0) is 30.7. The number of amides is 1. The number of methoxy groups -OCH3 is 1. The first-order chi connectivity index (χ1) is 19.8. The normalized spacial score (nSPS) is 15.4. The number of aryl methyl sites for hydroxylation is 3. The van der Waals surface area contributed by atoms with Gasteiger partial charge in [0.05, 0.1) is 48.6 Å². The molecule has 0 aliphatic carbocycles. The number of nitrogens with one attached hydrogen (secondary N) is 2. The van der Waals surface area contributed by atoms with E-state index in [1.54, 1.807) is 37.3 Å². The molecule has 1 fully saturated rings. The zero-order valence-corrected chi connectivity index (χ0v) is 24.4. The summed E-state index contributed by atoms with van der Waals surface area (Å²) in [7, 11) is -0.800. The van der Waals surface area contributed by atoms with E-state index in [9.17, 15) is 26.4 Å². The lowest BCUT2D eigenvalue weighted by Gasteiger charge is -2.21. The topological polar surface area (TPSA) is 123 Å². The molecular weight excluding hydrogens is 575 g/mol. The van der Waals surface area contributed by atoms with E-state index in [1.807, 2.05) is 0 Å². The van der Waals surface area contributed by atoms with Crippen LogP contribution in [0.3, 0.4) is 0 Å². The molecule has 10 nitrogen and oxygen atoms in total. The van der Waals surface area contributed by atoms with Crippen molar-refractivity contribution in [3.05, 3.63) is 70.5 Å². The summed E-state index contributed by atoms with van der Waals surface area (Å²) in [6, 6.07) is 9.67. The van der Waals surface area contributed by atoms with E-state index in [1.165, 1.54) is 20.2 Å². The molecular formula is C28H32F3N5O5S. The number of hydrogen-bond donors (Lipinski definition) is 2. The number of hydrogen-bond acceptors (Lipinski definition) is 8. The Morgan fingerprint density at radius 1 is 1.19 bits per heavy atom. The van der Waals surface area contributed by atoms with Gasteiger partial charge >= 0.3 is 6.18 Å². The molecule has 1 unspecified atom stereocenters. The summed E-state index contributed by atoms with van der Waals surface area (Å²) >= 11 is 0. The second-order valence-electron chi connectivity index (χ2n) is 9.99.